The SMILES string of the molecule is C#CCOc1c(/C=C2\C(=O)ON=C2C)cccc1OC. The van der Waals surface area contributed by atoms with Crippen LogP contribution in [-0.4, -0.2) is 25.4 Å². The zero-order valence-corrected chi connectivity index (χ0v) is 11.2. The summed E-state index contributed by atoms with van der Waals surface area (Å²) in [7, 11) is 1.53. The Morgan fingerprint density at radius 1 is 1.50 bits per heavy atom. The summed E-state index contributed by atoms with van der Waals surface area (Å²) in [5.74, 6) is 2.92. The van der Waals surface area contributed by atoms with Gasteiger partial charge in [-0.2, -0.15) is 0 Å². The Balaban J connectivity index is 2.46. The molecule has 0 N–H and O–H groups in total. The average Bonchev–Trinajstić information content (AvgIpc) is 2.77. The van der Waals surface area contributed by atoms with E-state index in [1.54, 1.807) is 31.2 Å². The molecule has 0 aromatic heterocycles. The molecule has 0 bridgehead atoms. The highest BCUT2D eigenvalue weighted by atomic mass is 16.7. The van der Waals surface area contributed by atoms with E-state index < -0.39 is 5.97 Å². The maximum atomic E-state index is 11.6. The van der Waals surface area contributed by atoms with Crippen LogP contribution in [-0.2, 0) is 9.63 Å². The van der Waals surface area contributed by atoms with Crippen LogP contribution in [0.5, 0.6) is 11.5 Å². The van der Waals surface area contributed by atoms with Gasteiger partial charge in [0, 0.05) is 5.56 Å². The van der Waals surface area contributed by atoms with E-state index in [0.29, 0.717) is 28.3 Å². The second-order valence-electron chi connectivity index (χ2n) is 3.98. The molecule has 20 heavy (non-hydrogen) atoms. The van der Waals surface area contributed by atoms with Gasteiger partial charge < -0.3 is 14.3 Å². The molecule has 0 unspecified atom stereocenters. The first-order valence-electron chi connectivity index (χ1n) is 5.88. The lowest BCUT2D eigenvalue weighted by Gasteiger charge is -2.11. The topological polar surface area (TPSA) is 57.1 Å². The van der Waals surface area contributed by atoms with E-state index >= 15 is 0 Å². The van der Waals surface area contributed by atoms with E-state index in [4.69, 9.17) is 15.9 Å². The van der Waals surface area contributed by atoms with Crippen molar-refractivity contribution < 1.29 is 19.1 Å². The minimum atomic E-state index is -0.492. The minimum Gasteiger partial charge on any atom is -0.493 e. The number of rotatable bonds is 4. The summed E-state index contributed by atoms with van der Waals surface area (Å²) in [6.45, 7) is 1.80. The first kappa shape index (κ1) is 13.7. The number of benzene rings is 1. The Labute approximate surface area is 116 Å². The predicted octanol–water partition coefficient (Wildman–Crippen LogP) is 2.02. The van der Waals surface area contributed by atoms with Crippen molar-refractivity contribution in [2.45, 2.75) is 6.92 Å². The lowest BCUT2D eigenvalue weighted by Crippen LogP contribution is -2.03. The van der Waals surface area contributed by atoms with Crippen molar-refractivity contribution in [1.29, 1.82) is 0 Å². The number of methoxy groups -OCH3 is 1. The van der Waals surface area contributed by atoms with Crippen LogP contribution in [0.25, 0.3) is 6.08 Å². The molecule has 1 aliphatic rings. The lowest BCUT2D eigenvalue weighted by molar-refractivity contribution is -0.136. The van der Waals surface area contributed by atoms with Gasteiger partial charge in [-0.25, -0.2) is 4.79 Å². The maximum absolute atomic E-state index is 11.6. The fourth-order valence-corrected chi connectivity index (χ4v) is 1.75. The normalized spacial score (nSPS) is 15.6. The molecule has 0 saturated heterocycles. The number of para-hydroxylation sites is 1. The van der Waals surface area contributed by atoms with Gasteiger partial charge >= 0.3 is 5.97 Å². The van der Waals surface area contributed by atoms with Crippen LogP contribution in [0.4, 0.5) is 0 Å². The molecule has 0 fully saturated rings. The van der Waals surface area contributed by atoms with Crippen molar-refractivity contribution in [3.05, 3.63) is 29.3 Å². The molecule has 0 amide bonds. The molecule has 2 rings (SSSR count). The molecule has 0 aliphatic carbocycles. The fourth-order valence-electron chi connectivity index (χ4n) is 1.75. The van der Waals surface area contributed by atoms with Gasteiger partial charge in [-0.3, -0.25) is 0 Å². The third-order valence-electron chi connectivity index (χ3n) is 2.70. The van der Waals surface area contributed by atoms with Crippen LogP contribution >= 0.6 is 0 Å². The molecule has 1 aromatic carbocycles. The molecular formula is C15H13NO4. The molecular weight excluding hydrogens is 258 g/mol. The smallest absolute Gasteiger partial charge is 0.367 e. The van der Waals surface area contributed by atoms with Crippen molar-refractivity contribution in [1.82, 2.24) is 0 Å². The molecule has 1 aliphatic heterocycles. The number of ether oxygens (including phenoxy) is 2. The molecule has 0 saturated carbocycles. The van der Waals surface area contributed by atoms with Gasteiger partial charge in [0.1, 0.15) is 6.61 Å². The molecule has 1 aromatic rings. The second-order valence-corrected chi connectivity index (χ2v) is 3.98. The Bertz CT molecular complexity index is 638. The van der Waals surface area contributed by atoms with E-state index in [2.05, 4.69) is 15.9 Å². The summed E-state index contributed by atoms with van der Waals surface area (Å²) in [6.07, 6.45) is 6.84. The van der Waals surface area contributed by atoms with Crippen molar-refractivity contribution in [3.63, 3.8) is 0 Å². The number of carbonyl (C=O) groups excluding carboxylic acids is 1. The van der Waals surface area contributed by atoms with Crippen LogP contribution in [0.2, 0.25) is 0 Å². The summed E-state index contributed by atoms with van der Waals surface area (Å²) < 4.78 is 10.7. The molecule has 102 valence electrons. The summed E-state index contributed by atoms with van der Waals surface area (Å²) in [5.41, 5.74) is 1.56. The van der Waals surface area contributed by atoms with Crippen LogP contribution in [0.3, 0.4) is 0 Å². The zero-order chi connectivity index (χ0) is 14.5. The second kappa shape index (κ2) is 5.93. The number of terminal acetylenes is 1. The van der Waals surface area contributed by atoms with Crippen LogP contribution in [0, 0.1) is 12.3 Å². The van der Waals surface area contributed by atoms with Crippen LogP contribution in [0.1, 0.15) is 12.5 Å². The van der Waals surface area contributed by atoms with Gasteiger partial charge in [-0.1, -0.05) is 23.2 Å². The van der Waals surface area contributed by atoms with Crippen LogP contribution < -0.4 is 9.47 Å². The van der Waals surface area contributed by atoms with Crippen molar-refractivity contribution >= 4 is 17.8 Å². The maximum Gasteiger partial charge on any atom is 0.367 e. The van der Waals surface area contributed by atoms with E-state index in [9.17, 15) is 4.79 Å². The number of carbonyl (C=O) groups is 1. The van der Waals surface area contributed by atoms with E-state index in [1.807, 2.05) is 0 Å². The summed E-state index contributed by atoms with van der Waals surface area (Å²) >= 11 is 0. The van der Waals surface area contributed by atoms with Gasteiger partial charge in [-0.15, -0.1) is 6.42 Å². The number of oxime groups is 1. The molecule has 1 heterocycles. The van der Waals surface area contributed by atoms with Crippen LogP contribution in [0.15, 0.2) is 28.9 Å². The van der Waals surface area contributed by atoms with E-state index in [-0.39, 0.29) is 6.61 Å². The van der Waals surface area contributed by atoms with Gasteiger partial charge in [0.05, 0.1) is 18.4 Å². The Hall–Kier alpha value is -2.74. The summed E-state index contributed by atoms with van der Waals surface area (Å²) in [4.78, 5) is 16.2. The predicted molar refractivity (Wildman–Crippen MR) is 74.5 cm³/mol. The molecule has 5 heteroatoms. The summed E-state index contributed by atoms with van der Waals surface area (Å²) in [6, 6.07) is 5.34. The largest absolute Gasteiger partial charge is 0.493 e. The minimum absolute atomic E-state index is 0.105. The lowest BCUT2D eigenvalue weighted by atomic mass is 10.1. The highest BCUT2D eigenvalue weighted by Gasteiger charge is 2.22. The van der Waals surface area contributed by atoms with Gasteiger partial charge in [-0.05, 0) is 19.1 Å². The quantitative estimate of drug-likeness (QED) is 0.477. The average molecular weight is 271 g/mol. The standard InChI is InChI=1S/C15H13NO4/c1-4-8-19-14-11(6-5-7-13(14)18-3)9-12-10(2)16-20-15(12)17/h1,5-7,9H,8H2,2-3H3/b12-9-. The van der Waals surface area contributed by atoms with Gasteiger partial charge in [0.15, 0.2) is 11.5 Å². The molecule has 0 atom stereocenters. The van der Waals surface area contributed by atoms with Gasteiger partial charge in [0.2, 0.25) is 0 Å². The molecule has 0 spiro atoms. The fraction of sp³-hybridized carbons (Fsp3) is 0.200. The van der Waals surface area contributed by atoms with E-state index in [0.717, 1.165) is 0 Å². The first-order valence-corrected chi connectivity index (χ1v) is 5.88. The monoisotopic (exact) mass is 271 g/mol. The Morgan fingerprint density at radius 3 is 2.90 bits per heavy atom. The highest BCUT2D eigenvalue weighted by molar-refractivity contribution is 6.24. The number of hydrogen-bond donors (Lipinski definition) is 0. The third kappa shape index (κ3) is 2.64. The summed E-state index contributed by atoms with van der Waals surface area (Å²) in [5, 5.41) is 3.62. The van der Waals surface area contributed by atoms with Crippen molar-refractivity contribution in [2.24, 2.45) is 5.16 Å². The van der Waals surface area contributed by atoms with E-state index in [1.165, 1.54) is 7.11 Å². The Morgan fingerprint density at radius 2 is 2.30 bits per heavy atom. The molecule has 5 nitrogen and oxygen atoms in total. The zero-order valence-electron chi connectivity index (χ0n) is 11.2. The highest BCUT2D eigenvalue weighted by Crippen LogP contribution is 2.33. The Kier molecular flexibility index (Phi) is 4.06. The van der Waals surface area contributed by atoms with Crippen molar-refractivity contribution in [3.8, 4) is 23.8 Å². The van der Waals surface area contributed by atoms with Gasteiger partial charge in [0.25, 0.3) is 0 Å². The first-order chi connectivity index (χ1) is 9.67. The number of nitrogens with zero attached hydrogens (tertiary/aromatic N) is 1. The van der Waals surface area contributed by atoms with Crippen molar-refractivity contribution in [2.75, 3.05) is 13.7 Å². The third-order valence-corrected chi connectivity index (χ3v) is 2.70. The molecule has 0 radical (unpaired) electrons. The number of hydrogen-bond acceptors (Lipinski definition) is 5.